The van der Waals surface area contributed by atoms with Gasteiger partial charge in [-0.05, 0) is 0 Å². The van der Waals surface area contributed by atoms with Crippen LogP contribution >= 0.6 is 31.1 Å². The molecule has 0 aromatic carbocycles. The topological polar surface area (TPSA) is 77.1 Å². The molecule has 28 heavy (non-hydrogen) atoms. The summed E-state index contributed by atoms with van der Waals surface area (Å²) in [5, 5.41) is 0. The number of rotatable bonds is 3. The van der Waals surface area contributed by atoms with Crippen molar-refractivity contribution in [3.05, 3.63) is 0 Å². The summed E-state index contributed by atoms with van der Waals surface area (Å²) in [6.07, 6.45) is -19.0. The minimum Gasteiger partial charge on any atom is -0.207 e. The van der Waals surface area contributed by atoms with Crippen LogP contribution in [-0.4, -0.2) is 19.1 Å². The van der Waals surface area contributed by atoms with E-state index in [1.165, 1.54) is 18.1 Å². The number of halogens is 14. The Morgan fingerprint density at radius 2 is 0.679 bits per heavy atom. The summed E-state index contributed by atoms with van der Waals surface area (Å²) in [5.74, 6) is 0. The summed E-state index contributed by atoms with van der Waals surface area (Å²) in [6, 6.07) is 0. The van der Waals surface area contributed by atoms with Crippen LogP contribution < -0.4 is 0 Å². The highest BCUT2D eigenvalue weighted by Gasteiger charge is 2.52. The van der Waals surface area contributed by atoms with Gasteiger partial charge >= 0.3 is 50.1 Å². The molecule has 3 atom stereocenters. The van der Waals surface area contributed by atoms with E-state index >= 15 is 0 Å². The average Bonchev–Trinajstić information content (AvgIpc) is 2.10. The molecule has 0 aromatic heterocycles. The van der Waals surface area contributed by atoms with Gasteiger partial charge in [0.2, 0.25) is 0 Å². The van der Waals surface area contributed by atoms with E-state index in [1.54, 1.807) is 0 Å². The van der Waals surface area contributed by atoms with Crippen molar-refractivity contribution in [2.24, 2.45) is 18.1 Å². The van der Waals surface area contributed by atoms with E-state index in [4.69, 9.17) is 0 Å². The van der Waals surface area contributed by atoms with Crippen LogP contribution in [0.3, 0.4) is 0 Å². The lowest BCUT2D eigenvalue weighted by Gasteiger charge is -2.22. The molecule has 0 fully saturated rings. The first-order chi connectivity index (χ1) is 11.9. The highest BCUT2D eigenvalue weighted by atomic mass is 31.3. The van der Waals surface area contributed by atoms with Crippen LogP contribution in [0.1, 0.15) is 0 Å². The van der Waals surface area contributed by atoms with Crippen LogP contribution in [0.4, 0.5) is 60.5 Å². The second-order valence-electron chi connectivity index (χ2n) is 3.84. The standard InChI is InChI=1S/C3F14N4O3P4/c4-1(5,6)22-26(15)18-25(13,14)19-27(16,23-2(7,8)9)21-28(17,20-26)24-3(10,11)12. The average molecular weight is 530 g/mol. The van der Waals surface area contributed by atoms with Crippen molar-refractivity contribution in [1.29, 1.82) is 0 Å². The van der Waals surface area contributed by atoms with Crippen molar-refractivity contribution in [3.8, 4) is 0 Å². The summed E-state index contributed by atoms with van der Waals surface area (Å²) >= 11 is 0. The smallest absolute Gasteiger partial charge is 0.207 e. The van der Waals surface area contributed by atoms with Gasteiger partial charge in [0.15, 0.2) is 0 Å². The molecule has 0 radical (unpaired) electrons. The summed E-state index contributed by atoms with van der Waals surface area (Å²) in [5.41, 5.74) is 0. The van der Waals surface area contributed by atoms with E-state index in [-0.39, 0.29) is 0 Å². The molecule has 3 unspecified atom stereocenters. The normalized spacial score (nSPS) is 34.2. The van der Waals surface area contributed by atoms with E-state index in [2.05, 4.69) is 13.6 Å². The minimum absolute atomic E-state index is 1.20. The molecule has 25 heteroatoms. The van der Waals surface area contributed by atoms with E-state index in [0.29, 0.717) is 0 Å². The highest BCUT2D eigenvalue weighted by molar-refractivity contribution is 7.78. The zero-order valence-electron chi connectivity index (χ0n) is 11.6. The predicted molar refractivity (Wildman–Crippen MR) is 64.4 cm³/mol. The summed E-state index contributed by atoms with van der Waals surface area (Å²) < 4.78 is 189. The zero-order valence-corrected chi connectivity index (χ0v) is 15.2. The largest absolute Gasteiger partial charge is 0.530 e. The molecule has 0 aromatic rings. The van der Waals surface area contributed by atoms with Gasteiger partial charge < -0.3 is 0 Å². The van der Waals surface area contributed by atoms with Gasteiger partial charge in [0, 0.05) is 0 Å². The third-order valence-corrected chi connectivity index (χ3v) is 9.87. The maximum atomic E-state index is 14.1. The maximum Gasteiger partial charge on any atom is 0.530 e. The van der Waals surface area contributed by atoms with Crippen molar-refractivity contribution in [2.75, 3.05) is 0 Å². The number of hydrogen-bond donors (Lipinski definition) is 0. The van der Waals surface area contributed by atoms with E-state index < -0.39 is 50.1 Å². The molecule has 0 saturated carbocycles. The first kappa shape index (κ1) is 25.9. The Morgan fingerprint density at radius 1 is 0.429 bits per heavy atom. The molecule has 1 aliphatic heterocycles. The molecule has 0 saturated heterocycles. The van der Waals surface area contributed by atoms with Crippen LogP contribution in [0.15, 0.2) is 18.1 Å². The van der Waals surface area contributed by atoms with Crippen LogP contribution in [0.5, 0.6) is 0 Å². The van der Waals surface area contributed by atoms with Crippen LogP contribution in [0.2, 0.25) is 0 Å². The fraction of sp³-hybridized carbons (Fsp3) is 1.00. The van der Waals surface area contributed by atoms with Crippen molar-refractivity contribution in [2.45, 2.75) is 19.1 Å². The van der Waals surface area contributed by atoms with Gasteiger partial charge in [-0.25, -0.2) is 13.6 Å². The Hall–Kier alpha value is -0.180. The number of nitrogens with zero attached hydrogens (tertiary/aromatic N) is 4. The Balaban J connectivity index is 3.90. The lowest BCUT2D eigenvalue weighted by molar-refractivity contribution is -0.275. The van der Waals surface area contributed by atoms with Gasteiger partial charge in [-0.2, -0.15) is 12.6 Å². The van der Waals surface area contributed by atoms with E-state index in [0.717, 1.165) is 0 Å². The van der Waals surface area contributed by atoms with Gasteiger partial charge in [-0.15, -0.1) is 66.0 Å². The molecule has 7 nitrogen and oxygen atoms in total. The van der Waals surface area contributed by atoms with Gasteiger partial charge in [0.25, 0.3) is 0 Å². The quantitative estimate of drug-likeness (QED) is 0.270. The van der Waals surface area contributed by atoms with Gasteiger partial charge in [-0.3, -0.25) is 0 Å². The van der Waals surface area contributed by atoms with Crippen molar-refractivity contribution in [1.82, 2.24) is 0 Å². The second-order valence-corrected chi connectivity index (χ2v) is 11.0. The second kappa shape index (κ2) is 7.50. The Labute approximate surface area is 143 Å². The monoisotopic (exact) mass is 530 g/mol. The molecule has 0 aliphatic carbocycles. The lowest BCUT2D eigenvalue weighted by Crippen LogP contribution is -2.12. The molecule has 0 amide bonds. The number of hydrogen-bond acceptors (Lipinski definition) is 7. The fourth-order valence-corrected chi connectivity index (χ4v) is 8.94. The molecule has 0 N–H and O–H groups in total. The van der Waals surface area contributed by atoms with Crippen LogP contribution in [0, 0.1) is 0 Å². The summed E-state index contributed by atoms with van der Waals surface area (Å²) in [6.45, 7) is 0. The predicted octanol–water partition coefficient (Wildman–Crippen LogP) is 9.24. The molecule has 1 heterocycles. The molecular weight excluding hydrogens is 530 g/mol. The first-order valence-electron chi connectivity index (χ1n) is 5.31. The Morgan fingerprint density at radius 3 is 0.964 bits per heavy atom. The molecule has 1 rings (SSSR count). The third kappa shape index (κ3) is 9.09. The highest BCUT2D eigenvalue weighted by Crippen LogP contribution is 2.83. The minimum atomic E-state index is -7.31. The zero-order chi connectivity index (χ0) is 22.4. The Bertz CT molecular complexity index is 816. The molecule has 168 valence electrons. The molecule has 0 spiro atoms. The fourth-order valence-electron chi connectivity index (χ4n) is 1.11. The van der Waals surface area contributed by atoms with Crippen molar-refractivity contribution >= 4 is 31.1 Å². The van der Waals surface area contributed by atoms with Crippen molar-refractivity contribution in [3.63, 3.8) is 0 Å². The van der Waals surface area contributed by atoms with Gasteiger partial charge in [-0.1, -0.05) is 0 Å². The van der Waals surface area contributed by atoms with Crippen molar-refractivity contribution < 1.29 is 74.1 Å². The maximum absolute atomic E-state index is 14.1. The first-order valence-corrected chi connectivity index (χ1v) is 11.3. The van der Waals surface area contributed by atoms with Crippen LogP contribution in [-0.2, 0) is 13.6 Å². The number of alkyl halides is 9. The summed E-state index contributed by atoms with van der Waals surface area (Å²) in [7, 11) is -28.9. The van der Waals surface area contributed by atoms with E-state index in [1.807, 2.05) is 0 Å². The van der Waals surface area contributed by atoms with Gasteiger partial charge in [0.1, 0.15) is 0 Å². The summed E-state index contributed by atoms with van der Waals surface area (Å²) in [4.78, 5) is 0. The molecule has 0 bridgehead atoms. The van der Waals surface area contributed by atoms with Crippen LogP contribution in [0.25, 0.3) is 0 Å². The third-order valence-electron chi connectivity index (χ3n) is 1.54. The molecular formula is C3F14N4O3P4. The SMILES string of the molecule is FC(F)(F)OP1(F)=NP(F)(F)=NP(F)(OC(F)(F)F)=NP(F)(OC(F)(F)F)=N1. The lowest BCUT2D eigenvalue weighted by atomic mass is 11.4. The molecule has 1 aliphatic rings. The van der Waals surface area contributed by atoms with E-state index in [9.17, 15) is 60.5 Å². The van der Waals surface area contributed by atoms with Gasteiger partial charge in [0.05, 0.1) is 0 Å². The Kier molecular flexibility index (Phi) is 6.93.